The molecule has 0 atom stereocenters. The minimum atomic E-state index is -4.12. The molecule has 0 aliphatic carbocycles. The van der Waals surface area contributed by atoms with Crippen molar-refractivity contribution in [1.29, 1.82) is 0 Å². The largest absolute Gasteiger partial charge is 0.401 e. The van der Waals surface area contributed by atoms with Crippen LogP contribution in [0, 0.1) is 11.8 Å². The van der Waals surface area contributed by atoms with Crippen LogP contribution in [-0.4, -0.2) is 60.4 Å². The highest BCUT2D eigenvalue weighted by molar-refractivity contribution is 7.10. The van der Waals surface area contributed by atoms with Crippen LogP contribution in [0.25, 0.3) is 0 Å². The predicted molar refractivity (Wildman–Crippen MR) is 76.1 cm³/mol. The second-order valence-corrected chi connectivity index (χ2v) is 5.89. The maximum absolute atomic E-state index is 12.3. The fourth-order valence-electron chi connectivity index (χ4n) is 2.27. The van der Waals surface area contributed by atoms with E-state index in [1.165, 1.54) is 4.90 Å². The molecular formula is C14H17F3N2OS. The predicted octanol–water partition coefficient (Wildman–Crippen LogP) is 1.77. The van der Waals surface area contributed by atoms with E-state index in [4.69, 9.17) is 5.11 Å². The van der Waals surface area contributed by atoms with Gasteiger partial charge in [-0.15, -0.1) is 11.3 Å². The summed E-state index contributed by atoms with van der Waals surface area (Å²) in [5, 5.41) is 10.7. The molecule has 1 saturated heterocycles. The Balaban J connectivity index is 1.85. The standard InChI is InChI=1S/C14H17F3N2OS/c15-14(16,17)11-19-6-4-18(5-7-19)10-13-12(2-1-8-20)3-9-21-13/h3,9,20H,4-8,10-11H2. The van der Waals surface area contributed by atoms with Crippen LogP contribution >= 0.6 is 11.3 Å². The van der Waals surface area contributed by atoms with Gasteiger partial charge in [0.15, 0.2) is 0 Å². The molecule has 0 bridgehead atoms. The number of hydrogen-bond donors (Lipinski definition) is 1. The molecule has 116 valence electrons. The van der Waals surface area contributed by atoms with E-state index in [1.54, 1.807) is 11.3 Å². The molecule has 3 nitrogen and oxygen atoms in total. The Morgan fingerprint density at radius 3 is 2.48 bits per heavy atom. The Kier molecular flexibility index (Phi) is 5.65. The number of hydrogen-bond acceptors (Lipinski definition) is 4. The Bertz CT molecular complexity index is 510. The zero-order valence-electron chi connectivity index (χ0n) is 11.5. The molecule has 1 aromatic rings. The Morgan fingerprint density at radius 1 is 1.19 bits per heavy atom. The van der Waals surface area contributed by atoms with Crippen LogP contribution in [0.15, 0.2) is 11.4 Å². The molecule has 2 heterocycles. The highest BCUT2D eigenvalue weighted by Gasteiger charge is 2.32. The molecular weight excluding hydrogens is 301 g/mol. The highest BCUT2D eigenvalue weighted by Crippen LogP contribution is 2.21. The molecule has 0 spiro atoms. The molecule has 1 N–H and O–H groups in total. The topological polar surface area (TPSA) is 26.7 Å². The minimum Gasteiger partial charge on any atom is -0.384 e. The lowest BCUT2D eigenvalue weighted by atomic mass is 10.2. The summed E-state index contributed by atoms with van der Waals surface area (Å²) in [6, 6.07) is 1.91. The van der Waals surface area contributed by atoms with Gasteiger partial charge in [0.05, 0.1) is 6.54 Å². The van der Waals surface area contributed by atoms with Crippen molar-refractivity contribution >= 4 is 11.3 Å². The number of aliphatic hydroxyl groups is 1. The third-order valence-corrected chi connectivity index (χ3v) is 4.19. The van der Waals surface area contributed by atoms with Gasteiger partial charge in [-0.05, 0) is 11.4 Å². The van der Waals surface area contributed by atoms with E-state index in [1.807, 2.05) is 11.4 Å². The average molecular weight is 318 g/mol. The SMILES string of the molecule is OCC#Cc1ccsc1CN1CCN(CC(F)(F)F)CC1. The summed E-state index contributed by atoms with van der Waals surface area (Å²) in [4.78, 5) is 4.68. The molecule has 1 aliphatic heterocycles. The molecule has 21 heavy (non-hydrogen) atoms. The van der Waals surface area contributed by atoms with Crippen molar-refractivity contribution in [1.82, 2.24) is 9.80 Å². The molecule has 2 rings (SSSR count). The Morgan fingerprint density at radius 2 is 1.86 bits per heavy atom. The second-order valence-electron chi connectivity index (χ2n) is 4.88. The third-order valence-electron chi connectivity index (χ3n) is 3.28. The first-order valence-electron chi connectivity index (χ1n) is 6.65. The van der Waals surface area contributed by atoms with E-state index < -0.39 is 12.7 Å². The molecule has 1 aromatic heterocycles. The van der Waals surface area contributed by atoms with Crippen LogP contribution in [0.1, 0.15) is 10.4 Å². The molecule has 0 saturated carbocycles. The van der Waals surface area contributed by atoms with Crippen molar-refractivity contribution in [3.8, 4) is 11.8 Å². The first-order valence-corrected chi connectivity index (χ1v) is 7.53. The summed E-state index contributed by atoms with van der Waals surface area (Å²) in [5.74, 6) is 5.52. The van der Waals surface area contributed by atoms with Crippen molar-refractivity contribution in [2.24, 2.45) is 0 Å². The number of thiophene rings is 1. The van der Waals surface area contributed by atoms with Gasteiger partial charge in [-0.3, -0.25) is 9.80 Å². The number of nitrogens with zero attached hydrogens (tertiary/aromatic N) is 2. The highest BCUT2D eigenvalue weighted by atomic mass is 32.1. The van der Waals surface area contributed by atoms with Crippen molar-refractivity contribution in [3.63, 3.8) is 0 Å². The Hall–Kier alpha value is -1.07. The van der Waals surface area contributed by atoms with Crippen molar-refractivity contribution in [3.05, 3.63) is 21.9 Å². The third kappa shape index (κ3) is 5.32. The smallest absolute Gasteiger partial charge is 0.384 e. The quantitative estimate of drug-likeness (QED) is 0.861. The first-order chi connectivity index (χ1) is 9.98. The lowest BCUT2D eigenvalue weighted by Crippen LogP contribution is -2.48. The van der Waals surface area contributed by atoms with E-state index in [9.17, 15) is 13.2 Å². The summed E-state index contributed by atoms with van der Waals surface area (Å²) in [5.41, 5.74) is 0.895. The van der Waals surface area contributed by atoms with Crippen LogP contribution in [-0.2, 0) is 6.54 Å². The van der Waals surface area contributed by atoms with E-state index in [2.05, 4.69) is 16.7 Å². The second kappa shape index (κ2) is 7.27. The van der Waals surface area contributed by atoms with Crippen molar-refractivity contribution in [2.45, 2.75) is 12.7 Å². The zero-order chi connectivity index (χ0) is 15.3. The van der Waals surface area contributed by atoms with Crippen molar-refractivity contribution in [2.75, 3.05) is 39.3 Å². The van der Waals surface area contributed by atoms with Gasteiger partial charge in [-0.2, -0.15) is 13.2 Å². The molecule has 0 aromatic carbocycles. The summed E-state index contributed by atoms with van der Waals surface area (Å²) in [6.45, 7) is 1.82. The molecule has 0 unspecified atom stereocenters. The van der Waals surface area contributed by atoms with E-state index >= 15 is 0 Å². The molecule has 1 aliphatic rings. The van der Waals surface area contributed by atoms with Gasteiger partial charge < -0.3 is 5.11 Å². The van der Waals surface area contributed by atoms with Gasteiger partial charge >= 0.3 is 6.18 Å². The van der Waals surface area contributed by atoms with Gasteiger partial charge in [-0.25, -0.2) is 0 Å². The number of halogens is 3. The van der Waals surface area contributed by atoms with Gasteiger partial charge in [-0.1, -0.05) is 11.8 Å². The average Bonchev–Trinajstić information content (AvgIpc) is 2.84. The van der Waals surface area contributed by atoms with E-state index in [0.717, 1.165) is 10.4 Å². The van der Waals surface area contributed by atoms with Gasteiger partial charge in [0.1, 0.15) is 6.61 Å². The number of aliphatic hydroxyl groups excluding tert-OH is 1. The maximum Gasteiger partial charge on any atom is 0.401 e. The maximum atomic E-state index is 12.3. The van der Waals surface area contributed by atoms with Crippen LogP contribution < -0.4 is 0 Å². The number of alkyl halides is 3. The molecule has 0 radical (unpaired) electrons. The molecule has 7 heteroatoms. The monoisotopic (exact) mass is 318 g/mol. The summed E-state index contributed by atoms with van der Waals surface area (Å²) in [7, 11) is 0. The molecule has 1 fully saturated rings. The van der Waals surface area contributed by atoms with Crippen LogP contribution in [0.2, 0.25) is 0 Å². The van der Waals surface area contributed by atoms with Gasteiger partial charge in [0, 0.05) is 43.2 Å². The van der Waals surface area contributed by atoms with Gasteiger partial charge in [0.2, 0.25) is 0 Å². The molecule has 0 amide bonds. The fraction of sp³-hybridized carbons (Fsp3) is 0.571. The lowest BCUT2D eigenvalue weighted by molar-refractivity contribution is -0.149. The fourth-order valence-corrected chi connectivity index (χ4v) is 3.14. The van der Waals surface area contributed by atoms with Gasteiger partial charge in [0.25, 0.3) is 0 Å². The van der Waals surface area contributed by atoms with E-state index in [-0.39, 0.29) is 6.61 Å². The zero-order valence-corrected chi connectivity index (χ0v) is 12.3. The summed E-state index contributed by atoms with van der Waals surface area (Å²) in [6.07, 6.45) is -4.12. The Labute approximate surface area is 126 Å². The van der Waals surface area contributed by atoms with E-state index in [0.29, 0.717) is 32.7 Å². The van der Waals surface area contributed by atoms with Crippen LogP contribution in [0.4, 0.5) is 13.2 Å². The number of rotatable bonds is 3. The summed E-state index contributed by atoms with van der Waals surface area (Å²) >= 11 is 1.59. The minimum absolute atomic E-state index is 0.175. The first kappa shape index (κ1) is 16.3. The lowest BCUT2D eigenvalue weighted by Gasteiger charge is -2.34. The van der Waals surface area contributed by atoms with Crippen LogP contribution in [0.5, 0.6) is 0 Å². The van der Waals surface area contributed by atoms with Crippen molar-refractivity contribution < 1.29 is 18.3 Å². The normalized spacial score (nSPS) is 17.5. The van der Waals surface area contributed by atoms with Crippen LogP contribution in [0.3, 0.4) is 0 Å². The summed E-state index contributed by atoms with van der Waals surface area (Å²) < 4.78 is 37.0. The number of piperazine rings is 1.